The van der Waals surface area contributed by atoms with Crippen LogP contribution in [0.2, 0.25) is 0 Å². The zero-order valence-corrected chi connectivity index (χ0v) is 14.2. The van der Waals surface area contributed by atoms with Gasteiger partial charge in [-0.05, 0) is 44.0 Å². The molecule has 2 aliphatic rings. The lowest BCUT2D eigenvalue weighted by Crippen LogP contribution is -2.28. The van der Waals surface area contributed by atoms with Gasteiger partial charge in [-0.25, -0.2) is 8.42 Å². The minimum Gasteiger partial charge on any atom is -0.321 e. The third-order valence-electron chi connectivity index (χ3n) is 4.15. The molecule has 0 saturated carbocycles. The number of anilines is 1. The molecule has 1 fully saturated rings. The zero-order valence-electron chi connectivity index (χ0n) is 12.5. The summed E-state index contributed by atoms with van der Waals surface area (Å²) < 4.78 is 23.3. The van der Waals surface area contributed by atoms with Crippen molar-refractivity contribution in [3.63, 3.8) is 0 Å². The second kappa shape index (κ2) is 5.32. The molecule has 0 aromatic heterocycles. The third kappa shape index (κ3) is 2.83. The molecule has 0 bridgehead atoms. The van der Waals surface area contributed by atoms with Crippen LogP contribution in [0, 0.1) is 13.8 Å². The smallest absolute Gasteiger partial charge is 0.164 e. The Kier molecular flexibility index (Phi) is 3.78. The SMILES string of the molecule is CCN(C1=NC2CS(=O)(=O)CC2S1)c1ccc(C)c(C)c1. The Balaban J connectivity index is 1.87. The molecule has 3 rings (SSSR count). The van der Waals surface area contributed by atoms with Crippen molar-refractivity contribution < 1.29 is 8.42 Å². The molecular weight excluding hydrogens is 304 g/mol. The van der Waals surface area contributed by atoms with Gasteiger partial charge in [0.05, 0.1) is 17.5 Å². The number of aryl methyl sites for hydroxylation is 2. The van der Waals surface area contributed by atoms with E-state index in [1.165, 1.54) is 11.1 Å². The molecule has 0 radical (unpaired) electrons. The van der Waals surface area contributed by atoms with E-state index in [2.05, 4.69) is 48.9 Å². The molecule has 6 heteroatoms. The van der Waals surface area contributed by atoms with Gasteiger partial charge >= 0.3 is 0 Å². The quantitative estimate of drug-likeness (QED) is 0.838. The molecule has 0 spiro atoms. The van der Waals surface area contributed by atoms with Crippen LogP contribution in [0.5, 0.6) is 0 Å². The van der Waals surface area contributed by atoms with E-state index in [9.17, 15) is 8.42 Å². The first-order valence-electron chi connectivity index (χ1n) is 7.19. The van der Waals surface area contributed by atoms with Gasteiger partial charge in [-0.3, -0.25) is 4.99 Å². The summed E-state index contributed by atoms with van der Waals surface area (Å²) >= 11 is 1.62. The third-order valence-corrected chi connectivity index (χ3v) is 7.40. The first-order chi connectivity index (χ1) is 9.89. The van der Waals surface area contributed by atoms with Crippen LogP contribution in [-0.2, 0) is 9.84 Å². The lowest BCUT2D eigenvalue weighted by Gasteiger charge is -2.23. The van der Waals surface area contributed by atoms with E-state index in [0.29, 0.717) is 0 Å². The highest BCUT2D eigenvalue weighted by molar-refractivity contribution is 8.15. The molecule has 1 saturated heterocycles. The topological polar surface area (TPSA) is 49.7 Å². The maximum Gasteiger partial charge on any atom is 0.164 e. The van der Waals surface area contributed by atoms with Gasteiger partial charge in [-0.2, -0.15) is 0 Å². The summed E-state index contributed by atoms with van der Waals surface area (Å²) in [5, 5.41) is 1.07. The minimum absolute atomic E-state index is 0.0596. The van der Waals surface area contributed by atoms with E-state index in [4.69, 9.17) is 0 Å². The average molecular weight is 324 g/mol. The van der Waals surface area contributed by atoms with Gasteiger partial charge in [0, 0.05) is 17.5 Å². The summed E-state index contributed by atoms with van der Waals surface area (Å²) in [6.45, 7) is 7.15. The van der Waals surface area contributed by atoms with Gasteiger partial charge < -0.3 is 4.90 Å². The average Bonchev–Trinajstić information content (AvgIpc) is 2.88. The van der Waals surface area contributed by atoms with Crippen molar-refractivity contribution in [3.8, 4) is 0 Å². The fourth-order valence-electron chi connectivity index (χ4n) is 2.79. The van der Waals surface area contributed by atoms with E-state index in [1.807, 2.05) is 0 Å². The highest BCUT2D eigenvalue weighted by Gasteiger charge is 2.43. The van der Waals surface area contributed by atoms with Crippen LogP contribution in [0.15, 0.2) is 23.2 Å². The Hall–Kier alpha value is -1.01. The number of nitrogens with zero attached hydrogens (tertiary/aromatic N) is 2. The lowest BCUT2D eigenvalue weighted by atomic mass is 10.1. The van der Waals surface area contributed by atoms with E-state index in [-0.39, 0.29) is 22.8 Å². The number of hydrogen-bond donors (Lipinski definition) is 0. The summed E-state index contributed by atoms with van der Waals surface area (Å²) in [6.07, 6.45) is 0. The molecule has 21 heavy (non-hydrogen) atoms. The number of sulfone groups is 1. The van der Waals surface area contributed by atoms with Gasteiger partial charge in [0.2, 0.25) is 0 Å². The zero-order chi connectivity index (χ0) is 15.2. The highest BCUT2D eigenvalue weighted by Crippen LogP contribution is 2.36. The Bertz CT molecular complexity index is 698. The van der Waals surface area contributed by atoms with Gasteiger partial charge in [0.25, 0.3) is 0 Å². The molecule has 0 N–H and O–H groups in total. The van der Waals surface area contributed by atoms with Crippen LogP contribution < -0.4 is 4.90 Å². The Morgan fingerprint density at radius 1 is 1.29 bits per heavy atom. The maximum absolute atomic E-state index is 11.6. The summed E-state index contributed by atoms with van der Waals surface area (Å²) in [4.78, 5) is 6.85. The fraction of sp³-hybridized carbons (Fsp3) is 0.533. The number of aliphatic imine (C=N–C) groups is 1. The monoisotopic (exact) mass is 324 g/mol. The molecule has 114 valence electrons. The predicted octanol–water partition coefficient (Wildman–Crippen LogP) is 2.40. The minimum atomic E-state index is -2.88. The number of amidine groups is 1. The van der Waals surface area contributed by atoms with Gasteiger partial charge in [0.1, 0.15) is 0 Å². The first-order valence-corrected chi connectivity index (χ1v) is 9.89. The van der Waals surface area contributed by atoms with Crippen LogP contribution in [0.25, 0.3) is 0 Å². The normalized spacial score (nSPS) is 26.5. The van der Waals surface area contributed by atoms with E-state index in [1.54, 1.807) is 11.8 Å². The standard InChI is InChI=1S/C15H20N2O2S2/c1-4-17(12-6-5-10(2)11(3)7-12)15-16-13-8-21(18,19)9-14(13)20-15/h5-7,13-14H,4,8-9H2,1-3H3. The largest absolute Gasteiger partial charge is 0.321 e. The summed E-state index contributed by atoms with van der Waals surface area (Å²) in [5.41, 5.74) is 3.67. The second-order valence-corrected chi connectivity index (χ2v) is 9.09. The number of hydrogen-bond acceptors (Lipinski definition) is 5. The van der Waals surface area contributed by atoms with Crippen molar-refractivity contribution in [2.24, 2.45) is 4.99 Å². The Labute approximate surface area is 130 Å². The van der Waals surface area contributed by atoms with Crippen LogP contribution in [-0.4, -0.2) is 42.9 Å². The van der Waals surface area contributed by atoms with Crippen molar-refractivity contribution in [1.82, 2.24) is 0 Å². The van der Waals surface area contributed by atoms with E-state index >= 15 is 0 Å². The molecular formula is C15H20N2O2S2. The van der Waals surface area contributed by atoms with Crippen LogP contribution >= 0.6 is 11.8 Å². The predicted molar refractivity (Wildman–Crippen MR) is 90.2 cm³/mol. The second-order valence-electron chi connectivity index (χ2n) is 5.73. The van der Waals surface area contributed by atoms with Gasteiger partial charge in [0.15, 0.2) is 15.0 Å². The summed E-state index contributed by atoms with van der Waals surface area (Å²) in [5.74, 6) is 0.471. The molecule has 1 aromatic rings. The molecule has 1 aromatic carbocycles. The van der Waals surface area contributed by atoms with Crippen molar-refractivity contribution >= 4 is 32.5 Å². The van der Waals surface area contributed by atoms with Gasteiger partial charge in [-0.15, -0.1) is 0 Å². The van der Waals surface area contributed by atoms with Crippen molar-refractivity contribution in [3.05, 3.63) is 29.3 Å². The van der Waals surface area contributed by atoms with Gasteiger partial charge in [-0.1, -0.05) is 17.8 Å². The van der Waals surface area contributed by atoms with E-state index in [0.717, 1.165) is 17.4 Å². The molecule has 2 aliphatic heterocycles. The summed E-state index contributed by atoms with van der Waals surface area (Å²) in [7, 11) is -2.88. The van der Waals surface area contributed by atoms with Crippen molar-refractivity contribution in [1.29, 1.82) is 0 Å². The molecule has 4 nitrogen and oxygen atoms in total. The number of fused-ring (bicyclic) bond motifs is 1. The maximum atomic E-state index is 11.6. The van der Waals surface area contributed by atoms with Crippen molar-refractivity contribution in [2.75, 3.05) is 23.0 Å². The molecule has 0 amide bonds. The van der Waals surface area contributed by atoms with Crippen LogP contribution in [0.4, 0.5) is 5.69 Å². The molecule has 2 unspecified atom stereocenters. The Morgan fingerprint density at radius 2 is 2.05 bits per heavy atom. The number of thioether (sulfide) groups is 1. The highest BCUT2D eigenvalue weighted by atomic mass is 32.2. The van der Waals surface area contributed by atoms with E-state index < -0.39 is 9.84 Å². The lowest BCUT2D eigenvalue weighted by molar-refractivity contribution is 0.601. The molecule has 0 aliphatic carbocycles. The summed E-state index contributed by atoms with van der Waals surface area (Å²) in [6, 6.07) is 6.35. The van der Waals surface area contributed by atoms with Crippen LogP contribution in [0.3, 0.4) is 0 Å². The first kappa shape index (κ1) is 14.9. The molecule has 2 heterocycles. The fourth-order valence-corrected chi connectivity index (χ4v) is 6.64. The Morgan fingerprint density at radius 3 is 2.67 bits per heavy atom. The van der Waals surface area contributed by atoms with Crippen molar-refractivity contribution in [2.45, 2.75) is 32.1 Å². The number of benzene rings is 1. The van der Waals surface area contributed by atoms with Crippen LogP contribution in [0.1, 0.15) is 18.1 Å². The molecule has 2 atom stereocenters. The number of rotatable bonds is 2.